The SMILES string of the molecule is Cc1nc(C[C@H]2OC[C@H](C3C=CC(N(C)c4ccccc4)=CC3)CO2)nc(C(=O)NCC(=O)O)c1O. The van der Waals surface area contributed by atoms with Crippen molar-refractivity contribution in [2.24, 2.45) is 11.8 Å². The van der Waals surface area contributed by atoms with Gasteiger partial charge in [0, 0.05) is 24.4 Å². The minimum atomic E-state index is -1.20. The Bertz CT molecular complexity index is 1160. The van der Waals surface area contributed by atoms with Crippen LogP contribution in [0.4, 0.5) is 5.69 Å². The van der Waals surface area contributed by atoms with Crippen molar-refractivity contribution in [2.75, 3.05) is 31.7 Å². The zero-order valence-electron chi connectivity index (χ0n) is 20.3. The summed E-state index contributed by atoms with van der Waals surface area (Å²) in [5, 5.41) is 21.1. The molecule has 36 heavy (non-hydrogen) atoms. The van der Waals surface area contributed by atoms with Gasteiger partial charge in [-0.15, -0.1) is 0 Å². The third-order valence-electron chi connectivity index (χ3n) is 6.31. The van der Waals surface area contributed by atoms with Crippen molar-refractivity contribution in [3.63, 3.8) is 0 Å². The number of hydrogen-bond acceptors (Lipinski definition) is 8. The zero-order valence-corrected chi connectivity index (χ0v) is 20.3. The van der Waals surface area contributed by atoms with Crippen molar-refractivity contribution in [3.05, 3.63) is 71.5 Å². The number of aromatic hydroxyl groups is 1. The lowest BCUT2D eigenvalue weighted by atomic mass is 9.86. The Labute approximate surface area is 209 Å². The highest BCUT2D eigenvalue weighted by Crippen LogP contribution is 2.30. The number of aromatic nitrogens is 2. The van der Waals surface area contributed by atoms with Crippen LogP contribution < -0.4 is 10.2 Å². The van der Waals surface area contributed by atoms with Gasteiger partial charge >= 0.3 is 5.97 Å². The van der Waals surface area contributed by atoms with E-state index < -0.39 is 24.7 Å². The van der Waals surface area contributed by atoms with Crippen molar-refractivity contribution in [2.45, 2.75) is 26.1 Å². The predicted octanol–water partition coefficient (Wildman–Crippen LogP) is 2.43. The maximum absolute atomic E-state index is 12.2. The summed E-state index contributed by atoms with van der Waals surface area (Å²) in [6, 6.07) is 10.2. The van der Waals surface area contributed by atoms with Gasteiger partial charge in [0.05, 0.1) is 25.3 Å². The summed E-state index contributed by atoms with van der Waals surface area (Å²) < 4.78 is 11.9. The second-order valence-corrected chi connectivity index (χ2v) is 8.84. The molecule has 2 aromatic rings. The Morgan fingerprint density at radius 1 is 1.17 bits per heavy atom. The van der Waals surface area contributed by atoms with Crippen LogP contribution in [0.3, 0.4) is 0 Å². The normalized spacial score (nSPS) is 21.5. The fraction of sp³-hybridized carbons (Fsp3) is 0.385. The summed E-state index contributed by atoms with van der Waals surface area (Å²) in [5.74, 6) is -1.60. The summed E-state index contributed by atoms with van der Waals surface area (Å²) in [5.41, 5.74) is 2.22. The Kier molecular flexibility index (Phi) is 7.97. The Hall–Kier alpha value is -3.76. The highest BCUT2D eigenvalue weighted by molar-refractivity contribution is 5.96. The number of likely N-dealkylation sites (N-methyl/N-ethyl adjacent to an activating group) is 1. The summed E-state index contributed by atoms with van der Waals surface area (Å²) in [7, 11) is 2.05. The van der Waals surface area contributed by atoms with Gasteiger partial charge in [0.15, 0.2) is 17.7 Å². The number of carboxylic acid groups (broad SMARTS) is 1. The molecule has 1 aromatic heterocycles. The second-order valence-electron chi connectivity index (χ2n) is 8.84. The number of aryl methyl sites for hydroxylation is 1. The summed E-state index contributed by atoms with van der Waals surface area (Å²) in [6.45, 7) is 1.99. The van der Waals surface area contributed by atoms with E-state index in [1.807, 2.05) is 18.2 Å². The molecule has 10 nitrogen and oxygen atoms in total. The van der Waals surface area contributed by atoms with E-state index in [-0.39, 0.29) is 35.3 Å². The third-order valence-corrected chi connectivity index (χ3v) is 6.31. The van der Waals surface area contributed by atoms with Gasteiger partial charge in [0.1, 0.15) is 12.4 Å². The average Bonchev–Trinajstić information content (AvgIpc) is 2.90. The van der Waals surface area contributed by atoms with Crippen molar-refractivity contribution in [1.82, 2.24) is 15.3 Å². The van der Waals surface area contributed by atoms with Gasteiger partial charge < -0.3 is 29.9 Å². The van der Waals surface area contributed by atoms with Gasteiger partial charge in [0.2, 0.25) is 0 Å². The zero-order chi connectivity index (χ0) is 25.7. The topological polar surface area (TPSA) is 134 Å². The first-order valence-electron chi connectivity index (χ1n) is 11.8. The van der Waals surface area contributed by atoms with E-state index >= 15 is 0 Å². The van der Waals surface area contributed by atoms with Crippen molar-refractivity contribution < 1.29 is 29.3 Å². The number of hydrogen-bond donors (Lipinski definition) is 3. The Morgan fingerprint density at radius 3 is 2.53 bits per heavy atom. The summed E-state index contributed by atoms with van der Waals surface area (Å²) in [4.78, 5) is 33.4. The molecule has 0 saturated carbocycles. The fourth-order valence-electron chi connectivity index (χ4n) is 4.21. The lowest BCUT2D eigenvalue weighted by molar-refractivity contribution is -0.205. The van der Waals surface area contributed by atoms with Gasteiger partial charge in [0.25, 0.3) is 5.91 Å². The van der Waals surface area contributed by atoms with E-state index in [4.69, 9.17) is 14.6 Å². The number of benzene rings is 1. The Morgan fingerprint density at radius 2 is 1.89 bits per heavy atom. The fourth-order valence-corrected chi connectivity index (χ4v) is 4.21. The number of anilines is 1. The number of ether oxygens (including phenoxy) is 2. The molecule has 1 saturated heterocycles. The number of amides is 1. The first-order chi connectivity index (χ1) is 17.3. The molecule has 4 rings (SSSR count). The van der Waals surface area contributed by atoms with Crippen LogP contribution in [-0.2, 0) is 20.7 Å². The van der Waals surface area contributed by atoms with Crippen LogP contribution in [0.2, 0.25) is 0 Å². The second kappa shape index (κ2) is 11.3. The number of allylic oxidation sites excluding steroid dienone is 3. The number of nitrogens with one attached hydrogen (secondary N) is 1. The summed E-state index contributed by atoms with van der Waals surface area (Å²) >= 11 is 0. The third kappa shape index (κ3) is 6.07. The number of carbonyl (C=O) groups excluding carboxylic acids is 1. The predicted molar refractivity (Wildman–Crippen MR) is 131 cm³/mol. The van der Waals surface area contributed by atoms with Gasteiger partial charge in [-0.05, 0) is 37.5 Å². The van der Waals surface area contributed by atoms with Gasteiger partial charge in [-0.3, -0.25) is 9.59 Å². The molecule has 1 aliphatic heterocycles. The smallest absolute Gasteiger partial charge is 0.322 e. The quantitative estimate of drug-likeness (QED) is 0.506. The van der Waals surface area contributed by atoms with Crippen molar-refractivity contribution in [3.8, 4) is 5.75 Å². The number of nitrogens with zero attached hydrogens (tertiary/aromatic N) is 3. The number of aliphatic carboxylic acids is 1. The van der Waals surface area contributed by atoms with E-state index in [9.17, 15) is 14.7 Å². The first kappa shape index (κ1) is 25.3. The van der Waals surface area contributed by atoms with Gasteiger partial charge in [-0.25, -0.2) is 9.97 Å². The van der Waals surface area contributed by atoms with Crippen LogP contribution in [-0.4, -0.2) is 65.2 Å². The number of carbonyl (C=O) groups is 2. The maximum Gasteiger partial charge on any atom is 0.322 e. The minimum Gasteiger partial charge on any atom is -0.504 e. The van der Waals surface area contributed by atoms with E-state index in [1.54, 1.807) is 6.92 Å². The van der Waals surface area contributed by atoms with Crippen molar-refractivity contribution in [1.29, 1.82) is 0 Å². The molecule has 1 fully saturated rings. The summed E-state index contributed by atoms with van der Waals surface area (Å²) in [6.07, 6.45) is 7.08. The van der Waals surface area contributed by atoms with E-state index in [0.717, 1.165) is 17.8 Å². The van der Waals surface area contributed by atoms with E-state index in [2.05, 4.69) is 57.6 Å². The molecule has 0 radical (unpaired) electrons. The first-order valence-corrected chi connectivity index (χ1v) is 11.8. The van der Waals surface area contributed by atoms with Crippen LogP contribution in [0, 0.1) is 18.8 Å². The van der Waals surface area contributed by atoms with Gasteiger partial charge in [-0.1, -0.05) is 30.4 Å². The molecule has 2 aliphatic rings. The van der Waals surface area contributed by atoms with E-state index in [1.165, 1.54) is 0 Å². The molecule has 1 unspecified atom stereocenters. The lowest BCUT2D eigenvalue weighted by Gasteiger charge is -2.34. The standard InChI is InChI=1S/C26H30N4O6/c1-16-25(33)24(26(34)27-13-22(31)32)29-21(28-16)12-23-35-14-18(15-36-23)17-8-10-20(11-9-17)30(2)19-6-4-3-5-7-19/h3-8,10-11,17-18,23,33H,9,12-15H2,1-2H3,(H,27,34)(H,31,32)/t17?,18-,23-. The molecule has 1 atom stereocenters. The van der Waals surface area contributed by atoms with Crippen LogP contribution in [0.15, 0.2) is 54.3 Å². The molecule has 1 aliphatic carbocycles. The molecule has 3 N–H and O–H groups in total. The van der Waals surface area contributed by atoms with Crippen LogP contribution in [0.25, 0.3) is 0 Å². The molecule has 0 spiro atoms. The van der Waals surface area contributed by atoms with Crippen LogP contribution in [0.1, 0.15) is 28.4 Å². The average molecular weight is 495 g/mol. The maximum atomic E-state index is 12.2. The molecular formula is C26H30N4O6. The van der Waals surface area contributed by atoms with Crippen LogP contribution >= 0.6 is 0 Å². The van der Waals surface area contributed by atoms with E-state index in [0.29, 0.717) is 19.1 Å². The molecule has 0 bridgehead atoms. The minimum absolute atomic E-state index is 0.194. The number of carboxylic acids is 1. The molecule has 1 aromatic carbocycles. The Balaban J connectivity index is 1.31. The highest BCUT2D eigenvalue weighted by atomic mass is 16.7. The molecule has 10 heteroatoms. The van der Waals surface area contributed by atoms with Crippen molar-refractivity contribution >= 4 is 17.6 Å². The highest BCUT2D eigenvalue weighted by Gasteiger charge is 2.29. The van der Waals surface area contributed by atoms with Gasteiger partial charge in [-0.2, -0.15) is 0 Å². The monoisotopic (exact) mass is 494 g/mol. The molecule has 1 amide bonds. The molecule has 2 heterocycles. The van der Waals surface area contributed by atoms with Crippen LogP contribution in [0.5, 0.6) is 5.75 Å². The number of para-hydroxylation sites is 1. The lowest BCUT2D eigenvalue weighted by Crippen LogP contribution is -2.37. The molecular weight excluding hydrogens is 464 g/mol. The largest absolute Gasteiger partial charge is 0.504 e. The number of rotatable bonds is 8. The molecule has 190 valence electrons.